The Bertz CT molecular complexity index is 1010. The molecule has 1 rings (SSSR count). The molecule has 0 aliphatic heterocycles. The van der Waals surface area contributed by atoms with Crippen molar-refractivity contribution in [2.45, 2.75) is 89.3 Å². The van der Waals surface area contributed by atoms with E-state index >= 15 is 0 Å². The van der Waals surface area contributed by atoms with Crippen LogP contribution in [-0.4, -0.2) is 44.8 Å². The summed E-state index contributed by atoms with van der Waals surface area (Å²) < 4.78 is 142. The predicted molar refractivity (Wildman–Crippen MR) is 115 cm³/mol. The SMILES string of the molecule is Cc1cc(COC(C)(C)C)c(OS(=O)(=O)C(F)(F)C(F)(F)C(F)(F)S(=O)O)c(COC(C)(C)C)c1. The van der Waals surface area contributed by atoms with Crippen LogP contribution < -0.4 is 4.18 Å². The van der Waals surface area contributed by atoms with Gasteiger partial charge in [-0.1, -0.05) is 5.56 Å². The highest BCUT2D eigenvalue weighted by Gasteiger charge is 2.81. The van der Waals surface area contributed by atoms with Crippen molar-refractivity contribution in [3.8, 4) is 5.75 Å². The molecule has 35 heavy (non-hydrogen) atoms. The Morgan fingerprint density at radius 2 is 1.23 bits per heavy atom. The highest BCUT2D eigenvalue weighted by molar-refractivity contribution is 7.88. The third-order valence-corrected chi connectivity index (χ3v) is 6.13. The van der Waals surface area contributed by atoms with Gasteiger partial charge in [0.1, 0.15) is 0 Å². The monoisotopic (exact) mass is 558 g/mol. The van der Waals surface area contributed by atoms with Crippen molar-refractivity contribution in [2.24, 2.45) is 0 Å². The van der Waals surface area contributed by atoms with Gasteiger partial charge in [-0.05, 0) is 60.6 Å². The standard InChI is InChI=1S/C20H28F6O7S2/c1-12-8-13(10-31-16(2,3)4)15(14(9-12)11-32-17(5,6)7)33-35(29,30)20(25,26)18(21,22)19(23,24)34(27)28/h8-9H,10-11H2,1-7H3,(H,27,28). The quantitative estimate of drug-likeness (QED) is 0.234. The maximum Gasteiger partial charge on any atom is 0.450 e. The minimum Gasteiger partial charge on any atom is -0.377 e. The Kier molecular flexibility index (Phi) is 9.17. The summed E-state index contributed by atoms with van der Waals surface area (Å²) in [5, 5.41) is -12.9. The molecule has 0 radical (unpaired) electrons. The molecule has 0 saturated carbocycles. The van der Waals surface area contributed by atoms with Crippen molar-refractivity contribution in [3.63, 3.8) is 0 Å². The number of alkyl halides is 6. The molecule has 0 aliphatic carbocycles. The summed E-state index contributed by atoms with van der Waals surface area (Å²) in [5.41, 5.74) is -1.51. The summed E-state index contributed by atoms with van der Waals surface area (Å²) in [5.74, 6) is -7.69. The number of hydrogen-bond acceptors (Lipinski definition) is 6. The Morgan fingerprint density at radius 3 is 1.54 bits per heavy atom. The lowest BCUT2D eigenvalue weighted by molar-refractivity contribution is -0.245. The summed E-state index contributed by atoms with van der Waals surface area (Å²) in [6, 6.07) is 2.54. The molecule has 1 aromatic carbocycles. The maximum absolute atomic E-state index is 14.4. The highest BCUT2D eigenvalue weighted by atomic mass is 32.2. The molecule has 1 atom stereocenters. The first-order valence-electron chi connectivity index (χ1n) is 9.94. The third kappa shape index (κ3) is 7.31. The molecule has 0 bridgehead atoms. The molecule has 0 saturated heterocycles. The van der Waals surface area contributed by atoms with E-state index in [-0.39, 0.29) is 11.1 Å². The largest absolute Gasteiger partial charge is 0.450 e. The summed E-state index contributed by atoms with van der Waals surface area (Å²) in [6.07, 6.45) is 0. The van der Waals surface area contributed by atoms with Crippen LogP contribution in [-0.2, 0) is 43.9 Å². The van der Waals surface area contributed by atoms with E-state index in [2.05, 4.69) is 4.18 Å². The van der Waals surface area contributed by atoms with E-state index in [0.29, 0.717) is 5.56 Å². The highest BCUT2D eigenvalue weighted by Crippen LogP contribution is 2.50. The zero-order valence-electron chi connectivity index (χ0n) is 20.0. The molecule has 1 aromatic rings. The third-order valence-electron chi connectivity index (χ3n) is 4.17. The van der Waals surface area contributed by atoms with Crippen LogP contribution >= 0.6 is 0 Å². The lowest BCUT2D eigenvalue weighted by Gasteiger charge is -2.30. The minimum atomic E-state index is -6.87. The van der Waals surface area contributed by atoms with Crippen LogP contribution in [0.1, 0.15) is 58.2 Å². The maximum atomic E-state index is 14.4. The fourth-order valence-electron chi connectivity index (χ4n) is 2.44. The van der Waals surface area contributed by atoms with Crippen molar-refractivity contribution in [2.75, 3.05) is 0 Å². The van der Waals surface area contributed by atoms with Crippen LogP contribution in [0.4, 0.5) is 26.3 Å². The number of benzene rings is 1. The van der Waals surface area contributed by atoms with Crippen molar-refractivity contribution in [1.82, 2.24) is 0 Å². The number of hydrogen-bond donors (Lipinski definition) is 1. The van der Waals surface area contributed by atoms with Gasteiger partial charge in [-0.3, -0.25) is 0 Å². The normalized spacial score (nSPS) is 15.3. The smallest absolute Gasteiger partial charge is 0.377 e. The predicted octanol–water partition coefficient (Wildman–Crippen LogP) is 5.38. The molecule has 204 valence electrons. The Labute approximate surface area is 202 Å². The summed E-state index contributed by atoms with van der Waals surface area (Å²) in [7, 11) is -6.87. The number of rotatable bonds is 10. The molecular weight excluding hydrogens is 530 g/mol. The van der Waals surface area contributed by atoms with Gasteiger partial charge in [0.2, 0.25) is 11.1 Å². The molecule has 15 heteroatoms. The molecule has 1 unspecified atom stereocenters. The van der Waals surface area contributed by atoms with Gasteiger partial charge < -0.3 is 18.2 Å². The van der Waals surface area contributed by atoms with Gasteiger partial charge in [0.05, 0.1) is 24.4 Å². The van der Waals surface area contributed by atoms with E-state index in [9.17, 15) is 39.0 Å². The van der Waals surface area contributed by atoms with Gasteiger partial charge in [0.15, 0.2) is 5.75 Å². The molecule has 0 amide bonds. The Morgan fingerprint density at radius 1 is 0.857 bits per heavy atom. The zero-order valence-corrected chi connectivity index (χ0v) is 21.7. The molecule has 0 spiro atoms. The van der Waals surface area contributed by atoms with E-state index in [1.165, 1.54) is 12.1 Å². The molecule has 7 nitrogen and oxygen atoms in total. The summed E-state index contributed by atoms with van der Waals surface area (Å²) in [4.78, 5) is 0. The fraction of sp³-hybridized carbons (Fsp3) is 0.700. The van der Waals surface area contributed by atoms with Crippen LogP contribution in [0.5, 0.6) is 5.75 Å². The molecule has 0 heterocycles. The van der Waals surface area contributed by atoms with Gasteiger partial charge >= 0.3 is 26.5 Å². The van der Waals surface area contributed by atoms with Crippen LogP contribution in [0.15, 0.2) is 12.1 Å². The van der Waals surface area contributed by atoms with E-state index < -0.39 is 67.8 Å². The summed E-state index contributed by atoms with van der Waals surface area (Å²) in [6.45, 7) is 10.4. The molecule has 0 fully saturated rings. The molecule has 0 aromatic heterocycles. The second kappa shape index (κ2) is 10.1. The van der Waals surface area contributed by atoms with E-state index in [0.717, 1.165) is 0 Å². The van der Waals surface area contributed by atoms with E-state index in [4.69, 9.17) is 14.0 Å². The van der Waals surface area contributed by atoms with Crippen molar-refractivity contribution in [1.29, 1.82) is 0 Å². The first-order chi connectivity index (χ1) is 15.4. The average Bonchev–Trinajstić information content (AvgIpc) is 2.64. The molecular formula is C20H28F6O7S2. The number of halogens is 6. The van der Waals surface area contributed by atoms with Crippen LogP contribution in [0.25, 0.3) is 0 Å². The van der Waals surface area contributed by atoms with E-state index in [1.54, 1.807) is 48.5 Å². The first-order valence-corrected chi connectivity index (χ1v) is 12.5. The second-order valence-corrected chi connectivity index (χ2v) is 12.2. The van der Waals surface area contributed by atoms with Crippen molar-refractivity contribution >= 4 is 21.2 Å². The van der Waals surface area contributed by atoms with Gasteiger partial charge in [-0.15, -0.1) is 0 Å². The van der Waals surface area contributed by atoms with Crippen LogP contribution in [0.3, 0.4) is 0 Å². The lowest BCUT2D eigenvalue weighted by Crippen LogP contribution is -2.60. The number of ether oxygens (including phenoxy) is 2. The summed E-state index contributed by atoms with van der Waals surface area (Å²) >= 11 is -4.83. The van der Waals surface area contributed by atoms with Gasteiger partial charge in [-0.2, -0.15) is 34.8 Å². The van der Waals surface area contributed by atoms with E-state index in [1.807, 2.05) is 0 Å². The van der Waals surface area contributed by atoms with Gasteiger partial charge in [0.25, 0.3) is 0 Å². The lowest BCUT2D eigenvalue weighted by atomic mass is 10.0. The minimum absolute atomic E-state index is 0.173. The van der Waals surface area contributed by atoms with Crippen LogP contribution in [0.2, 0.25) is 0 Å². The first kappa shape index (κ1) is 31.6. The molecule has 0 aliphatic rings. The van der Waals surface area contributed by atoms with Gasteiger partial charge in [-0.25, -0.2) is 4.21 Å². The fourth-order valence-corrected chi connectivity index (χ4v) is 3.83. The van der Waals surface area contributed by atoms with Crippen molar-refractivity contribution in [3.05, 3.63) is 28.8 Å². The number of aryl methyl sites for hydroxylation is 1. The van der Waals surface area contributed by atoms with Crippen LogP contribution in [0, 0.1) is 6.92 Å². The average molecular weight is 559 g/mol. The zero-order chi connectivity index (χ0) is 27.8. The van der Waals surface area contributed by atoms with Crippen molar-refractivity contribution < 1.29 is 57.2 Å². The van der Waals surface area contributed by atoms with Gasteiger partial charge in [0, 0.05) is 11.1 Å². The second-order valence-electron chi connectivity index (χ2n) is 9.61. The topological polar surface area (TPSA) is 99.1 Å². The Hall–Kier alpha value is -1.42. The Balaban J connectivity index is 3.68. The molecule has 1 N–H and O–H groups in total.